The van der Waals surface area contributed by atoms with Crippen LogP contribution >= 0.6 is 11.6 Å². The van der Waals surface area contributed by atoms with Gasteiger partial charge in [-0.1, -0.05) is 58.0 Å². The van der Waals surface area contributed by atoms with Gasteiger partial charge in [0.1, 0.15) is 19.8 Å². The molecule has 46 heavy (non-hydrogen) atoms. The lowest BCUT2D eigenvalue weighted by Gasteiger charge is -2.50. The molecule has 2 aromatic rings. The van der Waals surface area contributed by atoms with Gasteiger partial charge < -0.3 is 19.4 Å². The maximum absolute atomic E-state index is 12.8. The summed E-state index contributed by atoms with van der Waals surface area (Å²) in [6.45, 7) is 14.4. The van der Waals surface area contributed by atoms with E-state index in [0.29, 0.717) is 30.8 Å². The Morgan fingerprint density at radius 1 is 1.15 bits per heavy atom. The molecule has 1 aromatic carbocycles. The first-order chi connectivity index (χ1) is 21.6. The maximum Gasteiger partial charge on any atom is 0.415 e. The smallest absolute Gasteiger partial charge is 0.415 e. The Morgan fingerprint density at radius 2 is 1.78 bits per heavy atom. The Hall–Kier alpha value is -3.16. The van der Waals surface area contributed by atoms with Crippen LogP contribution in [0.4, 0.5) is 0 Å². The fraction of sp³-hybridized carbons (Fsp3) is 0.625. The van der Waals surface area contributed by atoms with Gasteiger partial charge in [0.2, 0.25) is 0 Å². The van der Waals surface area contributed by atoms with E-state index in [2.05, 4.69) is 49.0 Å². The predicted molar refractivity (Wildman–Crippen MR) is 170 cm³/mol. The van der Waals surface area contributed by atoms with Crippen LogP contribution in [0.2, 0.25) is 0 Å². The van der Waals surface area contributed by atoms with E-state index in [4.69, 9.17) is 25.8 Å². The van der Waals surface area contributed by atoms with Crippen molar-refractivity contribution >= 4 is 33.4 Å². The lowest BCUT2D eigenvalue weighted by atomic mass is 9.56. The lowest BCUT2D eigenvalue weighted by Crippen LogP contribution is -2.43. The molecule has 1 heterocycles. The molecule has 1 saturated carbocycles. The second-order valence-corrected chi connectivity index (χ2v) is 15.3. The third-order valence-corrected chi connectivity index (χ3v) is 11.1. The number of ether oxygens (including phenoxy) is 3. The summed E-state index contributed by atoms with van der Waals surface area (Å²) in [5, 5.41) is 14.5. The Bertz CT molecular complexity index is 1440. The lowest BCUT2D eigenvalue weighted by molar-refractivity contribution is -0.832. The molecular weight excluding hydrogens is 638 g/mol. The number of hydrogen-bond acceptors (Lipinski definition) is 11. The van der Waals surface area contributed by atoms with Crippen molar-refractivity contribution in [2.75, 3.05) is 45.8 Å². The molecule has 1 aromatic heterocycles. The van der Waals surface area contributed by atoms with E-state index in [9.17, 15) is 23.2 Å². The van der Waals surface area contributed by atoms with Crippen LogP contribution in [0.15, 0.2) is 57.0 Å². The average molecular weight is 684 g/mol. The van der Waals surface area contributed by atoms with Gasteiger partial charge in [0.15, 0.2) is 0 Å². The molecule has 3 rings (SSSR count). The Labute approximate surface area is 276 Å². The first-order valence-electron chi connectivity index (χ1n) is 15.3. The summed E-state index contributed by atoms with van der Waals surface area (Å²) in [4.78, 5) is 25.9. The number of rotatable bonds is 17. The maximum atomic E-state index is 12.8. The van der Waals surface area contributed by atoms with E-state index in [1.165, 1.54) is 29.8 Å². The van der Waals surface area contributed by atoms with Crippen LogP contribution in [0.3, 0.4) is 0 Å². The molecule has 12 nitrogen and oxygen atoms in total. The van der Waals surface area contributed by atoms with Gasteiger partial charge in [-0.2, -0.15) is 0 Å². The molecule has 256 valence electrons. The van der Waals surface area contributed by atoms with Gasteiger partial charge >= 0.3 is 22.8 Å². The molecule has 0 amide bonds. The summed E-state index contributed by atoms with van der Waals surface area (Å²) in [7, 11) is -2.31. The fourth-order valence-electron chi connectivity index (χ4n) is 6.04. The van der Waals surface area contributed by atoms with Crippen molar-refractivity contribution < 1.29 is 41.7 Å². The van der Waals surface area contributed by atoms with Crippen molar-refractivity contribution in [2.24, 2.45) is 22.7 Å². The minimum absolute atomic E-state index is 0.0438. The van der Waals surface area contributed by atoms with Gasteiger partial charge in [-0.05, 0) is 66.0 Å². The zero-order valence-corrected chi connectivity index (χ0v) is 28.9. The molecule has 0 radical (unpaired) electrons. The van der Waals surface area contributed by atoms with E-state index in [1.54, 1.807) is 6.07 Å². The topological polar surface area (TPSA) is 152 Å². The van der Waals surface area contributed by atoms with E-state index in [0.717, 1.165) is 19.3 Å². The number of hydrogen-bond donors (Lipinski definition) is 0. The van der Waals surface area contributed by atoms with Crippen molar-refractivity contribution in [3.8, 4) is 5.88 Å². The average Bonchev–Trinajstić information content (AvgIpc) is 3.39. The number of carbonyl (C=O) groups is 2. The number of aromatic nitrogens is 2. The summed E-state index contributed by atoms with van der Waals surface area (Å²) in [5.41, 5.74) is 1.45. The van der Waals surface area contributed by atoms with E-state index in [-0.39, 0.29) is 53.3 Å². The van der Waals surface area contributed by atoms with Crippen LogP contribution in [0, 0.1) is 27.9 Å². The highest BCUT2D eigenvalue weighted by molar-refractivity contribution is 7.91. The molecule has 1 aliphatic carbocycles. The molecule has 1 aliphatic rings. The van der Waals surface area contributed by atoms with Crippen molar-refractivity contribution in [3.05, 3.63) is 47.7 Å². The molecule has 0 aliphatic heterocycles. The standard InChI is InChI=1S/C32H46ClN3O9S/c1-23(24-14-15-31(2,3)26(20-24)32(4,5)22-33)21-35(6)16-17-42-27(37)12-13-28(38)43-18-19-44-29-30(36(39)45-34-29)46(40,41)25-10-8-7-9-11-25/h7-11,24,26H,1,12-22H2,2-6H3/t24-,26-/m1/s1. The van der Waals surface area contributed by atoms with Crippen LogP contribution in [-0.2, 0) is 28.9 Å². The number of halogens is 1. The van der Waals surface area contributed by atoms with E-state index < -0.39 is 32.7 Å². The van der Waals surface area contributed by atoms with Gasteiger partial charge in [-0.15, -0.1) is 11.6 Å². The third kappa shape index (κ3) is 9.92. The molecule has 0 bridgehead atoms. The summed E-state index contributed by atoms with van der Waals surface area (Å²) in [5.74, 6) is -0.222. The number of alkyl halides is 1. The van der Waals surface area contributed by atoms with Gasteiger partial charge in [0.25, 0.3) is 9.84 Å². The summed E-state index contributed by atoms with van der Waals surface area (Å²) >= 11 is 6.34. The minimum Gasteiger partial charge on any atom is -0.464 e. The van der Waals surface area contributed by atoms with Crippen molar-refractivity contribution in [3.63, 3.8) is 0 Å². The number of likely N-dealkylation sites (N-methyl/N-ethyl adjacent to an activating group) is 1. The van der Waals surface area contributed by atoms with Crippen LogP contribution in [0.5, 0.6) is 5.88 Å². The SMILES string of the molecule is C=C(CN(C)CCOC(=O)CCC(=O)OCCOc1no[n+]([O-])c1S(=O)(=O)c1ccccc1)[C@@H]1CCC(C)(C)[C@H](C(C)(C)CCl)C1. The highest BCUT2D eigenvalue weighted by atomic mass is 35.5. The van der Waals surface area contributed by atoms with Crippen molar-refractivity contribution in [1.82, 2.24) is 10.1 Å². The first-order valence-corrected chi connectivity index (χ1v) is 17.4. The van der Waals surface area contributed by atoms with Crippen LogP contribution < -0.4 is 9.64 Å². The number of carbonyl (C=O) groups excluding carboxylic acids is 2. The van der Waals surface area contributed by atoms with E-state index >= 15 is 0 Å². The van der Waals surface area contributed by atoms with Gasteiger partial charge in [-0.25, -0.2) is 8.42 Å². The zero-order valence-electron chi connectivity index (χ0n) is 27.3. The largest absolute Gasteiger partial charge is 0.464 e. The van der Waals surface area contributed by atoms with Crippen LogP contribution in [0.25, 0.3) is 0 Å². The summed E-state index contributed by atoms with van der Waals surface area (Å²) in [6.07, 6.45) is 2.92. The van der Waals surface area contributed by atoms with E-state index in [1.807, 2.05) is 7.05 Å². The quantitative estimate of drug-likeness (QED) is 0.0757. The van der Waals surface area contributed by atoms with Gasteiger partial charge in [-0.3, -0.25) is 19.1 Å². The molecule has 1 fully saturated rings. The second-order valence-electron chi connectivity index (χ2n) is 13.2. The molecule has 0 saturated heterocycles. The van der Waals surface area contributed by atoms with Crippen molar-refractivity contribution in [2.45, 2.75) is 69.7 Å². The number of benzene rings is 1. The molecule has 0 spiro atoms. The molecule has 0 N–H and O–H groups in total. The normalized spacial score (nSPS) is 18.2. The summed E-state index contributed by atoms with van der Waals surface area (Å²) in [6, 6.07) is 7.25. The third-order valence-electron chi connectivity index (χ3n) is 8.65. The highest BCUT2D eigenvalue weighted by Crippen LogP contribution is 2.52. The number of esters is 2. The predicted octanol–water partition coefficient (Wildman–Crippen LogP) is 4.58. The van der Waals surface area contributed by atoms with Gasteiger partial charge in [0, 0.05) is 19.0 Å². The molecule has 14 heteroatoms. The fourth-order valence-corrected chi connectivity index (χ4v) is 7.52. The highest BCUT2D eigenvalue weighted by Gasteiger charge is 2.44. The number of sulfone groups is 1. The monoisotopic (exact) mass is 683 g/mol. The molecule has 2 atom stereocenters. The minimum atomic E-state index is -4.27. The molecule has 0 unspecified atom stereocenters. The first kappa shape index (κ1) is 37.3. The Morgan fingerprint density at radius 3 is 2.41 bits per heavy atom. The van der Waals surface area contributed by atoms with Crippen LogP contribution in [0.1, 0.15) is 59.8 Å². The molecular formula is C32H46ClN3O9S. The zero-order chi connectivity index (χ0) is 34.1. The second kappa shape index (κ2) is 16.1. The Kier molecular flexibility index (Phi) is 13.1. The number of nitrogens with zero attached hydrogens (tertiary/aromatic N) is 3. The van der Waals surface area contributed by atoms with Crippen molar-refractivity contribution in [1.29, 1.82) is 0 Å². The van der Waals surface area contributed by atoms with Crippen LogP contribution in [-0.4, -0.2) is 76.3 Å². The summed E-state index contributed by atoms with van der Waals surface area (Å²) < 4.78 is 45.5. The van der Waals surface area contributed by atoms with Gasteiger partial charge in [0.05, 0.1) is 22.9 Å². The Balaban J connectivity index is 1.33.